The molecule has 1 heteroatoms. The minimum Gasteiger partial charge on any atom is -0.291 e. The molecule has 1 fully saturated rings. The maximum Gasteiger partial charge on any atom is 0.0507 e. The van der Waals surface area contributed by atoms with E-state index in [-0.39, 0.29) is 0 Å². The van der Waals surface area contributed by atoms with Crippen LogP contribution in [0.1, 0.15) is 87.0 Å². The normalized spacial score (nSPS) is 28.5. The van der Waals surface area contributed by atoms with Crippen molar-refractivity contribution >= 4 is 5.71 Å². The Morgan fingerprint density at radius 1 is 1.14 bits per heavy atom. The van der Waals surface area contributed by atoms with Gasteiger partial charge in [-0.25, -0.2) is 0 Å². The molecule has 0 saturated heterocycles. The van der Waals surface area contributed by atoms with Crippen molar-refractivity contribution in [2.45, 2.75) is 93.0 Å². The van der Waals surface area contributed by atoms with Crippen molar-refractivity contribution in [2.75, 3.05) is 0 Å². The molecule has 0 spiro atoms. The van der Waals surface area contributed by atoms with Crippen LogP contribution in [0.25, 0.3) is 0 Å². The van der Waals surface area contributed by atoms with Gasteiger partial charge in [0, 0.05) is 5.71 Å². The summed E-state index contributed by atoms with van der Waals surface area (Å²) in [6.45, 7) is 16.1. The van der Waals surface area contributed by atoms with Crippen LogP contribution in [0.15, 0.2) is 16.6 Å². The lowest BCUT2D eigenvalue weighted by molar-refractivity contribution is 0.256. The molecule has 0 amide bonds. The second kappa shape index (κ2) is 8.15. The van der Waals surface area contributed by atoms with Crippen molar-refractivity contribution in [3.05, 3.63) is 11.6 Å². The van der Waals surface area contributed by atoms with Gasteiger partial charge < -0.3 is 0 Å². The molecule has 1 aliphatic carbocycles. The van der Waals surface area contributed by atoms with Gasteiger partial charge in [-0.2, -0.15) is 0 Å². The molecule has 21 heavy (non-hydrogen) atoms. The van der Waals surface area contributed by atoms with Crippen LogP contribution in [0.5, 0.6) is 0 Å². The Labute approximate surface area is 133 Å². The zero-order valence-electron chi connectivity index (χ0n) is 15.5. The molecule has 1 nitrogen and oxygen atoms in total. The summed E-state index contributed by atoms with van der Waals surface area (Å²) in [5.41, 5.74) is 3.28. The van der Waals surface area contributed by atoms with E-state index in [1.165, 1.54) is 37.8 Å². The Morgan fingerprint density at radius 2 is 1.76 bits per heavy atom. The first kappa shape index (κ1) is 18.5. The van der Waals surface area contributed by atoms with E-state index in [1.54, 1.807) is 5.57 Å². The van der Waals surface area contributed by atoms with E-state index in [1.807, 2.05) is 0 Å². The molecule has 1 aliphatic rings. The van der Waals surface area contributed by atoms with Gasteiger partial charge in [-0.3, -0.25) is 4.99 Å². The average molecular weight is 292 g/mol. The van der Waals surface area contributed by atoms with E-state index in [2.05, 4.69) is 54.5 Å². The summed E-state index contributed by atoms with van der Waals surface area (Å²) in [5, 5.41) is 0. The van der Waals surface area contributed by atoms with E-state index in [9.17, 15) is 0 Å². The molecule has 2 atom stereocenters. The maximum atomic E-state index is 5.03. The molecule has 0 radical (unpaired) electrons. The van der Waals surface area contributed by atoms with Gasteiger partial charge in [0.15, 0.2) is 0 Å². The fraction of sp³-hybridized carbons (Fsp3) is 0.850. The first-order valence-electron chi connectivity index (χ1n) is 8.92. The molecule has 0 aromatic carbocycles. The highest BCUT2D eigenvalue weighted by Crippen LogP contribution is 2.40. The SMILES string of the molecule is CC(=CC1(C)CCCC(N=C(C)CC(C)C)C1)CC(C)C. The Hall–Kier alpha value is -0.590. The first-order valence-corrected chi connectivity index (χ1v) is 8.92. The predicted molar refractivity (Wildman–Crippen MR) is 96.1 cm³/mol. The van der Waals surface area contributed by atoms with Crippen molar-refractivity contribution < 1.29 is 0 Å². The zero-order chi connectivity index (χ0) is 16.0. The van der Waals surface area contributed by atoms with Gasteiger partial charge in [0.25, 0.3) is 0 Å². The molecular weight excluding hydrogens is 254 g/mol. The first-order chi connectivity index (χ1) is 9.70. The lowest BCUT2D eigenvalue weighted by atomic mass is 9.72. The Balaban J connectivity index is 2.70. The smallest absolute Gasteiger partial charge is 0.0507 e. The Morgan fingerprint density at radius 3 is 2.33 bits per heavy atom. The third kappa shape index (κ3) is 7.29. The molecular formula is C20H37N. The molecule has 0 heterocycles. The zero-order valence-corrected chi connectivity index (χ0v) is 15.5. The molecule has 122 valence electrons. The molecule has 0 aromatic rings. The number of hydrogen-bond donors (Lipinski definition) is 0. The van der Waals surface area contributed by atoms with Crippen LogP contribution in [0, 0.1) is 17.3 Å². The van der Waals surface area contributed by atoms with E-state index in [0.29, 0.717) is 11.5 Å². The van der Waals surface area contributed by atoms with Crippen LogP contribution in [-0.2, 0) is 0 Å². The van der Waals surface area contributed by atoms with Crippen LogP contribution in [0.2, 0.25) is 0 Å². The van der Waals surface area contributed by atoms with Crippen molar-refractivity contribution in [1.29, 1.82) is 0 Å². The summed E-state index contributed by atoms with van der Waals surface area (Å²) < 4.78 is 0. The van der Waals surface area contributed by atoms with Gasteiger partial charge in [-0.1, -0.05) is 52.7 Å². The Bertz CT molecular complexity index is 375. The van der Waals surface area contributed by atoms with Crippen molar-refractivity contribution in [3.63, 3.8) is 0 Å². The summed E-state index contributed by atoms with van der Waals surface area (Å²) in [4.78, 5) is 5.03. The second-order valence-corrected chi connectivity index (χ2v) is 8.46. The van der Waals surface area contributed by atoms with Gasteiger partial charge in [0.05, 0.1) is 6.04 Å². The topological polar surface area (TPSA) is 12.4 Å². The quantitative estimate of drug-likeness (QED) is 0.394. The van der Waals surface area contributed by atoms with Crippen LogP contribution in [-0.4, -0.2) is 11.8 Å². The largest absolute Gasteiger partial charge is 0.291 e. The number of nitrogens with zero attached hydrogens (tertiary/aromatic N) is 1. The van der Waals surface area contributed by atoms with Gasteiger partial charge in [-0.05, 0) is 63.2 Å². The van der Waals surface area contributed by atoms with Crippen LogP contribution in [0.3, 0.4) is 0 Å². The van der Waals surface area contributed by atoms with E-state index in [0.717, 1.165) is 18.3 Å². The van der Waals surface area contributed by atoms with Gasteiger partial charge >= 0.3 is 0 Å². The van der Waals surface area contributed by atoms with E-state index >= 15 is 0 Å². The van der Waals surface area contributed by atoms with Crippen molar-refractivity contribution in [3.8, 4) is 0 Å². The van der Waals surface area contributed by atoms with E-state index < -0.39 is 0 Å². The van der Waals surface area contributed by atoms with E-state index in [4.69, 9.17) is 4.99 Å². The number of allylic oxidation sites excluding steroid dienone is 2. The van der Waals surface area contributed by atoms with Crippen LogP contribution < -0.4 is 0 Å². The summed E-state index contributed by atoms with van der Waals surface area (Å²) in [7, 11) is 0. The minimum absolute atomic E-state index is 0.365. The lowest BCUT2D eigenvalue weighted by Crippen LogP contribution is -2.27. The molecule has 1 saturated carbocycles. The minimum atomic E-state index is 0.365. The lowest BCUT2D eigenvalue weighted by Gasteiger charge is -2.35. The van der Waals surface area contributed by atoms with Gasteiger partial charge in [-0.15, -0.1) is 0 Å². The third-order valence-corrected chi connectivity index (χ3v) is 4.42. The standard InChI is InChI=1S/C20H37N/c1-15(2)11-17(5)13-20(7)10-8-9-19(14-20)21-18(6)12-16(3)4/h13,15-16,19H,8-12,14H2,1-7H3. The highest BCUT2D eigenvalue weighted by molar-refractivity contribution is 5.82. The monoisotopic (exact) mass is 291 g/mol. The number of hydrogen-bond acceptors (Lipinski definition) is 1. The van der Waals surface area contributed by atoms with Crippen molar-refractivity contribution in [1.82, 2.24) is 0 Å². The highest BCUT2D eigenvalue weighted by atomic mass is 14.8. The molecule has 0 N–H and O–H groups in total. The summed E-state index contributed by atoms with van der Waals surface area (Å²) in [6, 6.07) is 0.547. The average Bonchev–Trinajstić information content (AvgIpc) is 2.24. The molecule has 1 rings (SSSR count). The summed E-state index contributed by atoms with van der Waals surface area (Å²) >= 11 is 0. The number of aliphatic imine (C=N–C) groups is 1. The van der Waals surface area contributed by atoms with Gasteiger partial charge in [0.2, 0.25) is 0 Å². The third-order valence-electron chi connectivity index (χ3n) is 4.42. The molecule has 0 aromatic heterocycles. The van der Waals surface area contributed by atoms with Crippen LogP contribution >= 0.6 is 0 Å². The predicted octanol–water partition coefficient (Wildman–Crippen LogP) is 6.43. The molecule has 0 bridgehead atoms. The Kier molecular flexibility index (Phi) is 7.16. The fourth-order valence-electron chi connectivity index (χ4n) is 3.98. The fourth-order valence-corrected chi connectivity index (χ4v) is 3.98. The summed E-state index contributed by atoms with van der Waals surface area (Å²) in [5.74, 6) is 1.48. The van der Waals surface area contributed by atoms with Gasteiger partial charge in [0.1, 0.15) is 0 Å². The van der Waals surface area contributed by atoms with Crippen molar-refractivity contribution in [2.24, 2.45) is 22.2 Å². The molecule has 2 unspecified atom stereocenters. The number of rotatable bonds is 6. The maximum absolute atomic E-state index is 5.03. The van der Waals surface area contributed by atoms with Crippen LogP contribution in [0.4, 0.5) is 0 Å². The molecule has 0 aliphatic heterocycles. The highest BCUT2D eigenvalue weighted by Gasteiger charge is 2.30. The summed E-state index contributed by atoms with van der Waals surface area (Å²) in [6.07, 6.45) is 10.1. The second-order valence-electron chi connectivity index (χ2n) is 8.46.